The molecule has 0 aliphatic carbocycles. The first-order valence-corrected chi connectivity index (χ1v) is 27.3. The summed E-state index contributed by atoms with van der Waals surface area (Å²) in [5.41, 5.74) is 20.3. The monoisotopic (exact) mass is 979 g/mol. The predicted molar refractivity (Wildman–Crippen MR) is 316 cm³/mol. The van der Waals surface area contributed by atoms with Crippen LogP contribution >= 0.6 is 0 Å². The van der Waals surface area contributed by atoms with Gasteiger partial charge >= 0.3 is 0 Å². The second-order valence-electron chi connectivity index (χ2n) is 21.2. The lowest BCUT2D eigenvalue weighted by Crippen LogP contribution is -2.63. The highest BCUT2D eigenvalue weighted by Crippen LogP contribution is 2.46. The highest BCUT2D eigenvalue weighted by molar-refractivity contribution is 7.02. The second kappa shape index (κ2) is 16.8. The fourth-order valence-electron chi connectivity index (χ4n) is 13.5. The third-order valence-corrected chi connectivity index (χ3v) is 16.8. The van der Waals surface area contributed by atoms with Gasteiger partial charge in [0.05, 0.1) is 11.0 Å². The van der Waals surface area contributed by atoms with Crippen molar-refractivity contribution in [2.24, 2.45) is 0 Å². The highest BCUT2D eigenvalue weighted by Gasteiger charge is 2.47. The zero-order valence-corrected chi connectivity index (χ0v) is 42.5. The molecule has 4 aliphatic rings. The van der Waals surface area contributed by atoms with Crippen molar-refractivity contribution in [2.75, 3.05) is 4.90 Å². The van der Waals surface area contributed by atoms with E-state index in [0.29, 0.717) is 0 Å². The van der Waals surface area contributed by atoms with Gasteiger partial charge in [-0.1, -0.05) is 148 Å². The molecular weight excluding hydrogens is 928 g/mol. The molecule has 0 unspecified atom stereocenters. The SMILES string of the molecule is CCCCc1ccc(Oc2cc3c4c(c2)-n2c5ccccc5c5cccc(c52)B4c2cc4c(cc2O3)N(c2ccccc2)c2cc(Oc3ccc(CCCC)cc3)cc3c2B4c2cccc4c5ccccc5n-3c24)cc1. The molecule has 10 aromatic carbocycles. The minimum atomic E-state index is -0.118. The van der Waals surface area contributed by atoms with Crippen molar-refractivity contribution in [1.82, 2.24) is 9.13 Å². The van der Waals surface area contributed by atoms with Crippen LogP contribution in [-0.2, 0) is 12.8 Å². The third-order valence-electron chi connectivity index (χ3n) is 16.8. The number of aryl methyl sites for hydroxylation is 2. The first-order valence-electron chi connectivity index (χ1n) is 27.3. The van der Waals surface area contributed by atoms with Gasteiger partial charge in [-0.3, -0.25) is 0 Å². The van der Waals surface area contributed by atoms with Crippen LogP contribution in [0.2, 0.25) is 0 Å². The second-order valence-corrected chi connectivity index (χ2v) is 21.2. The molecule has 0 saturated heterocycles. The van der Waals surface area contributed by atoms with Crippen LogP contribution in [0.15, 0.2) is 200 Å². The molecule has 0 spiro atoms. The molecule has 0 atom stereocenters. The Morgan fingerprint density at radius 1 is 0.395 bits per heavy atom. The maximum Gasteiger partial charge on any atom is 0.256 e. The Morgan fingerprint density at radius 3 is 1.50 bits per heavy atom. The van der Waals surface area contributed by atoms with Gasteiger partial charge in [0.25, 0.3) is 13.4 Å². The van der Waals surface area contributed by atoms with Gasteiger partial charge < -0.3 is 28.2 Å². The summed E-state index contributed by atoms with van der Waals surface area (Å²) >= 11 is 0. The Bertz CT molecular complexity index is 4370. The molecule has 6 heterocycles. The lowest BCUT2D eigenvalue weighted by molar-refractivity contribution is 0.462. The van der Waals surface area contributed by atoms with E-state index >= 15 is 0 Å². The molecule has 16 rings (SSSR count). The van der Waals surface area contributed by atoms with Crippen molar-refractivity contribution in [3.63, 3.8) is 0 Å². The van der Waals surface area contributed by atoms with Gasteiger partial charge in [-0.2, -0.15) is 0 Å². The van der Waals surface area contributed by atoms with Crippen molar-refractivity contribution < 1.29 is 14.2 Å². The fraction of sp³-hybridized carbons (Fsp3) is 0.118. The largest absolute Gasteiger partial charge is 0.458 e. The van der Waals surface area contributed by atoms with Crippen molar-refractivity contribution in [3.05, 3.63) is 211 Å². The summed E-state index contributed by atoms with van der Waals surface area (Å²) in [6.45, 7) is 4.26. The Balaban J connectivity index is 0.943. The van der Waals surface area contributed by atoms with Gasteiger partial charge in [0.1, 0.15) is 34.5 Å². The Morgan fingerprint density at radius 2 is 0.908 bits per heavy atom. The topological polar surface area (TPSA) is 40.8 Å². The van der Waals surface area contributed by atoms with Crippen LogP contribution in [0.5, 0.6) is 34.5 Å². The summed E-state index contributed by atoms with van der Waals surface area (Å²) in [5.74, 6) is 4.79. The number of fused-ring (bicyclic) bond motifs is 14. The van der Waals surface area contributed by atoms with Crippen molar-refractivity contribution in [3.8, 4) is 45.9 Å². The van der Waals surface area contributed by atoms with E-state index in [0.717, 1.165) is 86.7 Å². The van der Waals surface area contributed by atoms with Gasteiger partial charge in [0.15, 0.2) is 0 Å². The maximum atomic E-state index is 7.45. The molecule has 76 heavy (non-hydrogen) atoms. The lowest BCUT2D eigenvalue weighted by Gasteiger charge is -2.42. The van der Waals surface area contributed by atoms with Gasteiger partial charge in [-0.05, 0) is 118 Å². The van der Waals surface area contributed by atoms with E-state index in [1.807, 2.05) is 0 Å². The van der Waals surface area contributed by atoms with Gasteiger partial charge in [0.2, 0.25) is 0 Å². The third kappa shape index (κ3) is 6.37. The summed E-state index contributed by atoms with van der Waals surface area (Å²) in [5, 5.41) is 4.96. The molecule has 0 saturated carbocycles. The lowest BCUT2D eigenvalue weighted by atomic mass is 9.31. The molecule has 0 N–H and O–H groups in total. The summed E-state index contributed by atoms with van der Waals surface area (Å²) in [7, 11) is 0. The number of ether oxygens (including phenoxy) is 3. The number of hydrogen-bond acceptors (Lipinski definition) is 4. The molecule has 6 nitrogen and oxygen atoms in total. The first kappa shape index (κ1) is 43.5. The van der Waals surface area contributed by atoms with E-state index in [-0.39, 0.29) is 13.4 Å². The van der Waals surface area contributed by atoms with E-state index in [2.05, 4.69) is 228 Å². The molecule has 8 heteroatoms. The Kier molecular flexibility index (Phi) is 9.63. The molecule has 4 aliphatic heterocycles. The van der Waals surface area contributed by atoms with E-state index < -0.39 is 0 Å². The van der Waals surface area contributed by atoms with Crippen molar-refractivity contribution in [2.45, 2.75) is 52.4 Å². The van der Waals surface area contributed by atoms with E-state index in [9.17, 15) is 0 Å². The normalized spacial score (nSPS) is 13.2. The van der Waals surface area contributed by atoms with Gasteiger partial charge in [-0.25, -0.2) is 0 Å². The number of rotatable bonds is 11. The Hall–Kier alpha value is -8.87. The zero-order valence-electron chi connectivity index (χ0n) is 42.5. The van der Waals surface area contributed by atoms with Crippen LogP contribution in [0.1, 0.15) is 50.7 Å². The molecule has 0 bridgehead atoms. The van der Waals surface area contributed by atoms with Crippen molar-refractivity contribution >= 4 is 107 Å². The van der Waals surface area contributed by atoms with Crippen LogP contribution < -0.4 is 51.9 Å². The number of aromatic nitrogens is 2. The molecule has 0 amide bonds. The number of unbranched alkanes of at least 4 members (excludes halogenated alkanes) is 2. The fourth-order valence-corrected chi connectivity index (χ4v) is 13.5. The predicted octanol–water partition coefficient (Wildman–Crippen LogP) is 13.7. The van der Waals surface area contributed by atoms with Crippen molar-refractivity contribution in [1.29, 1.82) is 0 Å². The molecule has 0 fully saturated rings. The minimum Gasteiger partial charge on any atom is -0.458 e. The average Bonchev–Trinajstić information content (AvgIpc) is 4.18. The van der Waals surface area contributed by atoms with Crippen LogP contribution in [0, 0.1) is 0 Å². The summed E-state index contributed by atoms with van der Waals surface area (Å²) in [6.07, 6.45) is 6.79. The molecular formula is C68H51B2N3O3. The smallest absolute Gasteiger partial charge is 0.256 e. The summed E-state index contributed by atoms with van der Waals surface area (Å²) in [6, 6.07) is 73.4. The number of para-hydroxylation sites is 5. The highest BCUT2D eigenvalue weighted by atomic mass is 16.5. The number of anilines is 3. The van der Waals surface area contributed by atoms with Gasteiger partial charge in [-0.15, -0.1) is 0 Å². The molecule has 2 aromatic heterocycles. The van der Waals surface area contributed by atoms with Crippen LogP contribution in [0.3, 0.4) is 0 Å². The van der Waals surface area contributed by atoms with Gasteiger partial charge in [0, 0.05) is 91.3 Å². The minimum absolute atomic E-state index is 0.103. The Labute approximate surface area is 442 Å². The zero-order chi connectivity index (χ0) is 50.2. The summed E-state index contributed by atoms with van der Waals surface area (Å²) < 4.78 is 26.3. The van der Waals surface area contributed by atoms with Crippen LogP contribution in [0.4, 0.5) is 17.1 Å². The van der Waals surface area contributed by atoms with E-state index in [4.69, 9.17) is 14.2 Å². The molecule has 362 valence electrons. The number of benzene rings is 10. The standard InChI is InChI=1S/C68H51B2N3O3/c1-3-5-16-42-28-32-45(33-29-42)74-47-36-60-65-61(37-47)72-57-26-12-10-20-49(57)51-22-14-24-53(67(51)72)69(65)55-40-56-63(41-59(55)71(60)44-18-8-7-9-19-44)76-64-39-48(75-46-34-30-43(31-35-46)17-6-4-2)38-62-66(64)70(56)54-25-15-23-52-50-21-11-13-27-58(50)73(62)68(52)54/h7-15,18-41H,3-6,16-17H2,1-2H3. The number of nitrogens with zero attached hydrogens (tertiary/aromatic N) is 3. The quantitative estimate of drug-likeness (QED) is 0.121. The first-order chi connectivity index (χ1) is 37.6. The number of hydrogen-bond donors (Lipinski definition) is 0. The van der Waals surface area contributed by atoms with E-state index in [1.54, 1.807) is 0 Å². The molecule has 0 radical (unpaired) electrons. The van der Waals surface area contributed by atoms with Crippen LogP contribution in [0.25, 0.3) is 55.0 Å². The maximum absolute atomic E-state index is 7.45. The average molecular weight is 980 g/mol. The molecule has 12 aromatic rings. The summed E-state index contributed by atoms with van der Waals surface area (Å²) in [4.78, 5) is 2.45. The van der Waals surface area contributed by atoms with E-state index in [1.165, 1.54) is 102 Å². The van der Waals surface area contributed by atoms with Crippen LogP contribution in [-0.4, -0.2) is 22.6 Å².